The molecular weight excluding hydrogens is 569 g/mol. The minimum Gasteiger partial charge on any atom is -0.493 e. The van der Waals surface area contributed by atoms with E-state index in [9.17, 15) is 9.18 Å². The van der Waals surface area contributed by atoms with E-state index in [0.717, 1.165) is 36.2 Å². The monoisotopic (exact) mass is 614 g/mol. The standard InChI is InChI=1S/C35H45FN7O2/c1-34(2,3)32(35(4,5)6)30-12-8-15-42(30)16-9-17-45-27-13-14-28-29(19-27)37-23-38-33(28)41-26-20-39-43(21-26)22-31(44)40-25-11-7-10-24(36)18-25/h7,10-11,13-14,18-21,23,30H,8-9,12,15-17,22H2,1-6H3,(H,40,44)(H,37,38,41)/t30-/m1/s1. The molecule has 0 bridgehead atoms. The van der Waals surface area contributed by atoms with Crippen molar-refractivity contribution >= 4 is 34.0 Å². The second-order valence-corrected chi connectivity index (χ2v) is 13.8. The zero-order valence-electron chi connectivity index (χ0n) is 27.2. The zero-order valence-corrected chi connectivity index (χ0v) is 27.2. The Kier molecular flexibility index (Phi) is 9.72. The lowest BCUT2D eigenvalue weighted by Crippen LogP contribution is -2.46. The maximum absolute atomic E-state index is 13.4. The Morgan fingerprint density at radius 1 is 1.04 bits per heavy atom. The van der Waals surface area contributed by atoms with Gasteiger partial charge in [0.1, 0.15) is 30.3 Å². The number of likely N-dealkylation sites (tertiary alicyclic amines) is 1. The van der Waals surface area contributed by atoms with Crippen LogP contribution in [0.25, 0.3) is 10.9 Å². The van der Waals surface area contributed by atoms with E-state index in [4.69, 9.17) is 4.74 Å². The van der Waals surface area contributed by atoms with Crippen LogP contribution in [0, 0.1) is 22.6 Å². The summed E-state index contributed by atoms with van der Waals surface area (Å²) in [5, 5.41) is 11.1. The Balaban J connectivity index is 1.15. The molecule has 10 heteroatoms. The lowest BCUT2D eigenvalue weighted by molar-refractivity contribution is -0.116. The highest BCUT2D eigenvalue weighted by atomic mass is 19.1. The summed E-state index contributed by atoms with van der Waals surface area (Å²) in [5.74, 6) is 2.32. The minimum absolute atomic E-state index is 0.0194. The molecule has 2 aromatic heterocycles. The predicted molar refractivity (Wildman–Crippen MR) is 177 cm³/mol. The van der Waals surface area contributed by atoms with Crippen molar-refractivity contribution in [2.75, 3.05) is 30.3 Å². The van der Waals surface area contributed by atoms with Gasteiger partial charge < -0.3 is 15.4 Å². The lowest BCUT2D eigenvalue weighted by Gasteiger charge is -2.46. The fraction of sp³-hybridized carbons (Fsp3) is 0.457. The second-order valence-electron chi connectivity index (χ2n) is 13.8. The first-order valence-electron chi connectivity index (χ1n) is 15.7. The van der Waals surface area contributed by atoms with Gasteiger partial charge in [-0.05, 0) is 67.0 Å². The molecule has 4 aromatic rings. The van der Waals surface area contributed by atoms with Crippen LogP contribution in [0.5, 0.6) is 5.75 Å². The first-order valence-corrected chi connectivity index (χ1v) is 15.7. The molecule has 1 radical (unpaired) electrons. The summed E-state index contributed by atoms with van der Waals surface area (Å²) < 4.78 is 21.1. The number of benzene rings is 2. The van der Waals surface area contributed by atoms with Gasteiger partial charge in [-0.25, -0.2) is 14.4 Å². The maximum Gasteiger partial charge on any atom is 0.246 e. The number of carbonyl (C=O) groups excluding carboxylic acids is 1. The third-order valence-corrected chi connectivity index (χ3v) is 8.09. The summed E-state index contributed by atoms with van der Waals surface area (Å²) in [6, 6.07) is 12.1. The third-order valence-electron chi connectivity index (χ3n) is 8.09. The Hall–Kier alpha value is -4.05. The number of anilines is 3. The molecule has 0 aliphatic carbocycles. The van der Waals surface area contributed by atoms with Crippen LogP contribution in [0.3, 0.4) is 0 Å². The van der Waals surface area contributed by atoms with Gasteiger partial charge in [-0.15, -0.1) is 0 Å². The van der Waals surface area contributed by atoms with Crippen molar-refractivity contribution in [1.82, 2.24) is 24.6 Å². The van der Waals surface area contributed by atoms with Gasteiger partial charge in [0, 0.05) is 41.8 Å². The SMILES string of the molecule is CC(C)(C)[C]([C@H]1CCCN1CCCOc1ccc2c(Nc3cnn(CC(=O)Nc4cccc(F)c4)c3)ncnc2c1)C(C)(C)C. The van der Waals surface area contributed by atoms with E-state index in [0.29, 0.717) is 29.8 Å². The first kappa shape index (κ1) is 32.3. The van der Waals surface area contributed by atoms with Gasteiger partial charge in [-0.2, -0.15) is 5.10 Å². The molecule has 1 amide bonds. The number of carbonyl (C=O) groups is 1. The summed E-state index contributed by atoms with van der Waals surface area (Å²) in [6.45, 7) is 16.9. The van der Waals surface area contributed by atoms with Crippen molar-refractivity contribution in [3.8, 4) is 5.75 Å². The van der Waals surface area contributed by atoms with Crippen LogP contribution in [0.4, 0.5) is 21.6 Å². The largest absolute Gasteiger partial charge is 0.493 e. The van der Waals surface area contributed by atoms with Gasteiger partial charge in [0.05, 0.1) is 24.0 Å². The van der Waals surface area contributed by atoms with Gasteiger partial charge in [0.2, 0.25) is 5.91 Å². The van der Waals surface area contributed by atoms with Crippen LogP contribution in [0.1, 0.15) is 60.8 Å². The molecule has 2 N–H and O–H groups in total. The third kappa shape index (κ3) is 8.36. The van der Waals surface area contributed by atoms with Gasteiger partial charge in [-0.3, -0.25) is 14.4 Å². The van der Waals surface area contributed by atoms with Crippen LogP contribution in [0.2, 0.25) is 0 Å². The summed E-state index contributed by atoms with van der Waals surface area (Å²) >= 11 is 0. The molecule has 2 aromatic carbocycles. The molecule has 0 unspecified atom stereocenters. The fourth-order valence-electron chi connectivity index (χ4n) is 6.79. The first-order chi connectivity index (χ1) is 21.4. The Morgan fingerprint density at radius 2 is 1.84 bits per heavy atom. The molecule has 1 saturated heterocycles. The summed E-state index contributed by atoms with van der Waals surface area (Å²) in [7, 11) is 0. The quantitative estimate of drug-likeness (QED) is 0.172. The average Bonchev–Trinajstić information content (AvgIpc) is 3.58. The molecule has 9 nitrogen and oxygen atoms in total. The number of fused-ring (bicyclic) bond motifs is 1. The number of rotatable bonds is 11. The minimum atomic E-state index is -0.412. The molecule has 239 valence electrons. The van der Waals surface area contributed by atoms with E-state index in [2.05, 4.69) is 72.1 Å². The smallest absolute Gasteiger partial charge is 0.246 e. The number of halogens is 1. The van der Waals surface area contributed by atoms with Crippen LogP contribution in [-0.2, 0) is 11.3 Å². The molecule has 0 spiro atoms. The van der Waals surface area contributed by atoms with Gasteiger partial charge in [-0.1, -0.05) is 47.6 Å². The Morgan fingerprint density at radius 3 is 2.60 bits per heavy atom. The topological polar surface area (TPSA) is 97.2 Å². The molecule has 1 aliphatic heterocycles. The molecular formula is C35H45FN7O2. The van der Waals surface area contributed by atoms with Gasteiger partial charge in [0.25, 0.3) is 0 Å². The van der Waals surface area contributed by atoms with Crippen molar-refractivity contribution < 1.29 is 13.9 Å². The van der Waals surface area contributed by atoms with Crippen molar-refractivity contribution in [1.29, 1.82) is 0 Å². The summed E-state index contributed by atoms with van der Waals surface area (Å²) in [4.78, 5) is 23.9. The van der Waals surface area contributed by atoms with Gasteiger partial charge >= 0.3 is 0 Å². The summed E-state index contributed by atoms with van der Waals surface area (Å²) in [6.07, 6.45) is 8.28. The van der Waals surface area contributed by atoms with E-state index in [1.165, 1.54) is 36.0 Å². The molecule has 45 heavy (non-hydrogen) atoms. The van der Waals surface area contributed by atoms with E-state index in [1.54, 1.807) is 30.4 Å². The lowest BCUT2D eigenvalue weighted by atomic mass is 9.63. The van der Waals surface area contributed by atoms with E-state index < -0.39 is 5.82 Å². The van der Waals surface area contributed by atoms with Crippen molar-refractivity contribution in [2.24, 2.45) is 10.8 Å². The van der Waals surface area contributed by atoms with Crippen molar-refractivity contribution in [3.05, 3.63) is 72.9 Å². The molecule has 1 fully saturated rings. The average molecular weight is 615 g/mol. The van der Waals surface area contributed by atoms with E-state index in [-0.39, 0.29) is 23.3 Å². The molecule has 3 heterocycles. The van der Waals surface area contributed by atoms with E-state index >= 15 is 0 Å². The number of hydrogen-bond donors (Lipinski definition) is 2. The Labute approximate surface area is 265 Å². The number of nitrogens with zero attached hydrogens (tertiary/aromatic N) is 5. The van der Waals surface area contributed by atoms with Crippen LogP contribution < -0.4 is 15.4 Å². The van der Waals surface area contributed by atoms with Crippen LogP contribution in [-0.4, -0.2) is 56.3 Å². The van der Waals surface area contributed by atoms with Crippen LogP contribution in [0.15, 0.2) is 61.2 Å². The zero-order chi connectivity index (χ0) is 32.2. The number of hydrogen-bond acceptors (Lipinski definition) is 7. The predicted octanol–water partition coefficient (Wildman–Crippen LogP) is 7.25. The molecule has 1 aliphatic rings. The number of nitrogens with one attached hydrogen (secondary N) is 2. The fourth-order valence-corrected chi connectivity index (χ4v) is 6.79. The number of ether oxygens (including phenoxy) is 1. The maximum atomic E-state index is 13.4. The van der Waals surface area contributed by atoms with Crippen molar-refractivity contribution in [3.63, 3.8) is 0 Å². The Bertz CT molecular complexity index is 1590. The molecule has 1 atom stereocenters. The highest BCUT2D eigenvalue weighted by Gasteiger charge is 2.44. The molecule has 5 rings (SSSR count). The number of aromatic nitrogens is 4. The highest BCUT2D eigenvalue weighted by molar-refractivity contribution is 5.92. The van der Waals surface area contributed by atoms with E-state index in [1.807, 2.05) is 18.2 Å². The second kappa shape index (κ2) is 13.5. The normalized spacial score (nSPS) is 16.0. The van der Waals surface area contributed by atoms with Gasteiger partial charge in [0.15, 0.2) is 0 Å². The number of amides is 1. The summed E-state index contributed by atoms with van der Waals surface area (Å²) in [5.41, 5.74) is 2.18. The van der Waals surface area contributed by atoms with Crippen molar-refractivity contribution in [2.45, 2.75) is 73.4 Å². The molecule has 0 saturated carbocycles. The van der Waals surface area contributed by atoms with Crippen LogP contribution >= 0.6 is 0 Å². The highest BCUT2D eigenvalue weighted by Crippen LogP contribution is 2.48.